The summed E-state index contributed by atoms with van der Waals surface area (Å²) in [4.78, 5) is 11.3. The summed E-state index contributed by atoms with van der Waals surface area (Å²) in [5, 5.41) is 9.31. The number of hydrogen-bond acceptors (Lipinski definition) is 2. The number of carboxylic acids is 1. The Balaban J connectivity index is 2.39. The molecule has 1 aromatic rings. The van der Waals surface area contributed by atoms with E-state index in [1.54, 1.807) is 12.1 Å². The first-order valence-corrected chi connectivity index (χ1v) is 5.14. The van der Waals surface area contributed by atoms with E-state index in [-0.39, 0.29) is 0 Å². The highest BCUT2D eigenvalue weighted by molar-refractivity contribution is 5.83. The van der Waals surface area contributed by atoms with E-state index in [1.165, 1.54) is 0 Å². The minimum Gasteiger partial charge on any atom is -0.481 e. The van der Waals surface area contributed by atoms with Gasteiger partial charge in [-0.15, -0.1) is 0 Å². The van der Waals surface area contributed by atoms with Crippen LogP contribution in [-0.2, 0) is 10.2 Å². The second-order valence-electron chi connectivity index (χ2n) is 4.53. The van der Waals surface area contributed by atoms with Crippen molar-refractivity contribution in [1.29, 1.82) is 0 Å². The van der Waals surface area contributed by atoms with Gasteiger partial charge >= 0.3 is 5.97 Å². The highest BCUT2D eigenvalue weighted by atomic mass is 16.4. The number of nitrogen functional groups attached to an aromatic ring is 1. The Bertz CT molecular complexity index is 394. The molecule has 1 fully saturated rings. The maximum atomic E-state index is 11.3. The van der Waals surface area contributed by atoms with Crippen LogP contribution in [-0.4, -0.2) is 11.1 Å². The van der Waals surface area contributed by atoms with Gasteiger partial charge in [-0.1, -0.05) is 19.1 Å². The molecule has 0 aliphatic heterocycles. The number of carbonyl (C=O) groups is 1. The summed E-state index contributed by atoms with van der Waals surface area (Å²) in [6.45, 7) is 2.08. The van der Waals surface area contributed by atoms with Crippen LogP contribution in [0.3, 0.4) is 0 Å². The van der Waals surface area contributed by atoms with Gasteiger partial charge in [0.25, 0.3) is 0 Å². The molecule has 0 bridgehead atoms. The Morgan fingerprint density at radius 2 is 2.20 bits per heavy atom. The fraction of sp³-hybridized carbons (Fsp3) is 0.417. The lowest BCUT2D eigenvalue weighted by Gasteiger charge is -2.43. The third-order valence-corrected chi connectivity index (χ3v) is 3.24. The van der Waals surface area contributed by atoms with Crippen molar-refractivity contribution in [3.8, 4) is 0 Å². The second kappa shape index (κ2) is 3.26. The van der Waals surface area contributed by atoms with E-state index in [0.717, 1.165) is 5.56 Å². The smallest absolute Gasteiger partial charge is 0.314 e. The average Bonchev–Trinajstić information content (AvgIpc) is 2.12. The van der Waals surface area contributed by atoms with E-state index < -0.39 is 11.4 Å². The van der Waals surface area contributed by atoms with Gasteiger partial charge in [-0.3, -0.25) is 4.79 Å². The quantitative estimate of drug-likeness (QED) is 0.726. The van der Waals surface area contributed by atoms with Crippen molar-refractivity contribution in [2.24, 2.45) is 5.92 Å². The highest BCUT2D eigenvalue weighted by Crippen LogP contribution is 2.48. The normalized spacial score (nSPS) is 29.5. The second-order valence-corrected chi connectivity index (χ2v) is 4.53. The summed E-state index contributed by atoms with van der Waals surface area (Å²) in [7, 11) is 0. The molecule has 3 nitrogen and oxygen atoms in total. The van der Waals surface area contributed by atoms with E-state index in [0.29, 0.717) is 24.4 Å². The molecule has 0 atom stereocenters. The number of carboxylic acid groups (broad SMARTS) is 1. The first-order valence-electron chi connectivity index (χ1n) is 5.14. The van der Waals surface area contributed by atoms with Crippen LogP contribution in [0.15, 0.2) is 24.3 Å². The number of aliphatic carboxylic acids is 1. The largest absolute Gasteiger partial charge is 0.481 e. The summed E-state index contributed by atoms with van der Waals surface area (Å²) < 4.78 is 0. The first-order chi connectivity index (χ1) is 7.04. The zero-order valence-electron chi connectivity index (χ0n) is 8.73. The molecule has 0 amide bonds. The molecule has 0 heterocycles. The Morgan fingerprint density at radius 3 is 2.67 bits per heavy atom. The molecule has 0 radical (unpaired) electrons. The molecule has 1 saturated carbocycles. The summed E-state index contributed by atoms with van der Waals surface area (Å²) in [5.41, 5.74) is 6.46. The monoisotopic (exact) mass is 205 g/mol. The third-order valence-electron chi connectivity index (χ3n) is 3.24. The first kappa shape index (κ1) is 10.0. The summed E-state index contributed by atoms with van der Waals surface area (Å²) >= 11 is 0. The molecule has 0 unspecified atom stereocenters. The van der Waals surface area contributed by atoms with Gasteiger partial charge in [-0.2, -0.15) is 0 Å². The Hall–Kier alpha value is -1.51. The van der Waals surface area contributed by atoms with Gasteiger partial charge in [0.15, 0.2) is 0 Å². The molecule has 0 saturated heterocycles. The van der Waals surface area contributed by atoms with Gasteiger partial charge in [0.05, 0.1) is 5.41 Å². The SMILES string of the molecule is CC1CC(C(=O)O)(c2cccc(N)c2)C1. The minimum absolute atomic E-state index is 0.488. The molecule has 3 heteroatoms. The van der Waals surface area contributed by atoms with Gasteiger partial charge in [-0.25, -0.2) is 0 Å². The molecule has 1 aromatic carbocycles. The molecule has 15 heavy (non-hydrogen) atoms. The number of anilines is 1. The number of hydrogen-bond donors (Lipinski definition) is 2. The van der Waals surface area contributed by atoms with Crippen molar-refractivity contribution in [2.75, 3.05) is 5.73 Å². The molecule has 0 aromatic heterocycles. The molecule has 2 rings (SSSR count). The standard InChI is InChI=1S/C12H15NO2/c1-8-6-12(7-8,11(14)15)9-3-2-4-10(13)5-9/h2-5,8H,6-7,13H2,1H3,(H,14,15). The third kappa shape index (κ3) is 1.48. The Kier molecular flexibility index (Phi) is 2.18. The Morgan fingerprint density at radius 1 is 1.53 bits per heavy atom. The predicted molar refractivity (Wildman–Crippen MR) is 58.6 cm³/mol. The van der Waals surface area contributed by atoms with E-state index >= 15 is 0 Å². The number of nitrogens with two attached hydrogens (primary N) is 1. The molecule has 1 aliphatic rings. The lowest BCUT2D eigenvalue weighted by Crippen LogP contribution is -2.46. The van der Waals surface area contributed by atoms with Crippen molar-refractivity contribution < 1.29 is 9.90 Å². The number of rotatable bonds is 2. The predicted octanol–water partition coefficient (Wildman–Crippen LogP) is 2.02. The molecular formula is C12H15NO2. The van der Waals surface area contributed by atoms with Gasteiger partial charge in [0, 0.05) is 5.69 Å². The van der Waals surface area contributed by atoms with Crippen LogP contribution < -0.4 is 5.73 Å². The maximum absolute atomic E-state index is 11.3. The minimum atomic E-state index is -0.730. The van der Waals surface area contributed by atoms with E-state index in [2.05, 4.69) is 6.92 Å². The van der Waals surface area contributed by atoms with Gasteiger partial charge in [-0.05, 0) is 36.5 Å². The van der Waals surface area contributed by atoms with Crippen LogP contribution in [0, 0.1) is 5.92 Å². The Labute approximate surface area is 88.9 Å². The average molecular weight is 205 g/mol. The van der Waals surface area contributed by atoms with Crippen LogP contribution >= 0.6 is 0 Å². The van der Waals surface area contributed by atoms with Crippen molar-refractivity contribution in [3.05, 3.63) is 29.8 Å². The van der Waals surface area contributed by atoms with Crippen molar-refractivity contribution in [3.63, 3.8) is 0 Å². The molecule has 1 aliphatic carbocycles. The fourth-order valence-electron chi connectivity index (χ4n) is 2.50. The van der Waals surface area contributed by atoms with E-state index in [1.807, 2.05) is 12.1 Å². The maximum Gasteiger partial charge on any atom is 0.314 e. The molecule has 0 spiro atoms. The zero-order chi connectivity index (χ0) is 11.1. The van der Waals surface area contributed by atoms with Crippen LogP contribution in [0.1, 0.15) is 25.3 Å². The van der Waals surface area contributed by atoms with Gasteiger partial charge in [0.1, 0.15) is 0 Å². The lowest BCUT2D eigenvalue weighted by molar-refractivity contribution is -0.149. The van der Waals surface area contributed by atoms with Crippen molar-refractivity contribution in [2.45, 2.75) is 25.2 Å². The highest BCUT2D eigenvalue weighted by Gasteiger charge is 2.49. The van der Waals surface area contributed by atoms with Crippen LogP contribution in [0.5, 0.6) is 0 Å². The van der Waals surface area contributed by atoms with E-state index in [4.69, 9.17) is 5.73 Å². The van der Waals surface area contributed by atoms with Crippen molar-refractivity contribution in [1.82, 2.24) is 0 Å². The fourth-order valence-corrected chi connectivity index (χ4v) is 2.50. The number of benzene rings is 1. The van der Waals surface area contributed by atoms with Gasteiger partial charge in [0.2, 0.25) is 0 Å². The van der Waals surface area contributed by atoms with E-state index in [9.17, 15) is 9.90 Å². The molecule has 80 valence electrons. The van der Waals surface area contributed by atoms with Gasteiger partial charge < -0.3 is 10.8 Å². The summed E-state index contributed by atoms with van der Waals surface area (Å²) in [6, 6.07) is 7.23. The summed E-state index contributed by atoms with van der Waals surface area (Å²) in [6.07, 6.45) is 1.43. The van der Waals surface area contributed by atoms with Crippen molar-refractivity contribution >= 4 is 11.7 Å². The van der Waals surface area contributed by atoms with Crippen LogP contribution in [0.4, 0.5) is 5.69 Å². The summed E-state index contributed by atoms with van der Waals surface area (Å²) in [5.74, 6) is -0.242. The molecule has 3 N–H and O–H groups in total. The van der Waals surface area contributed by atoms with Crippen LogP contribution in [0.25, 0.3) is 0 Å². The van der Waals surface area contributed by atoms with Crippen LogP contribution in [0.2, 0.25) is 0 Å². The topological polar surface area (TPSA) is 63.3 Å². The zero-order valence-corrected chi connectivity index (χ0v) is 8.73. The molecular weight excluding hydrogens is 190 g/mol. The lowest BCUT2D eigenvalue weighted by atomic mass is 9.59.